The van der Waals surface area contributed by atoms with E-state index in [0.29, 0.717) is 0 Å². The number of nitrogens with zero attached hydrogens (tertiary/aromatic N) is 1. The van der Waals surface area contributed by atoms with Crippen LogP contribution < -0.4 is 4.57 Å². The minimum absolute atomic E-state index is 0.000340. The Balaban J connectivity index is 2.17. The van der Waals surface area contributed by atoms with Gasteiger partial charge < -0.3 is 4.57 Å². The summed E-state index contributed by atoms with van der Waals surface area (Å²) in [5.41, 5.74) is 3.11. The van der Waals surface area contributed by atoms with Crippen molar-refractivity contribution in [2.24, 2.45) is 0 Å². The Bertz CT molecular complexity index is 314. The lowest BCUT2D eigenvalue weighted by atomic mass is 10.1. The van der Waals surface area contributed by atoms with Crippen LogP contribution in [0.5, 0.6) is 0 Å². The van der Waals surface area contributed by atoms with Crippen molar-refractivity contribution < 1.29 is 0 Å². The molecule has 0 aromatic heterocycles. The molecular formula is C11H19NSi2. The van der Waals surface area contributed by atoms with Crippen molar-refractivity contribution in [1.29, 1.82) is 0 Å². The smallest absolute Gasteiger partial charge is 0.124 e. The van der Waals surface area contributed by atoms with Crippen molar-refractivity contribution in [3.63, 3.8) is 0 Å². The standard InChI is InChI=1S/C11H19NSi2/c1-9-8-10-4-2-3-5-11(10)12(9)14-7-6-13/h2-5,9H,6-8,14H2,1,13H3. The second kappa shape index (κ2) is 4.32. The molecule has 1 nitrogen and oxygen atoms in total. The van der Waals surface area contributed by atoms with Gasteiger partial charge in [0.2, 0.25) is 0 Å². The predicted molar refractivity (Wildman–Crippen MR) is 70.2 cm³/mol. The lowest BCUT2D eigenvalue weighted by Crippen LogP contribution is -2.32. The van der Waals surface area contributed by atoms with Gasteiger partial charge in [0.15, 0.2) is 0 Å². The molecule has 1 heterocycles. The molecule has 0 aliphatic carbocycles. The van der Waals surface area contributed by atoms with Crippen LogP contribution in [-0.2, 0) is 6.42 Å². The maximum absolute atomic E-state index is 2.72. The highest BCUT2D eigenvalue weighted by atomic mass is 28.2. The van der Waals surface area contributed by atoms with Gasteiger partial charge in [-0.2, -0.15) is 0 Å². The zero-order valence-electron chi connectivity index (χ0n) is 9.16. The molecule has 1 unspecified atom stereocenters. The van der Waals surface area contributed by atoms with Gasteiger partial charge >= 0.3 is 0 Å². The Labute approximate surface area is 91.8 Å². The van der Waals surface area contributed by atoms with E-state index in [-0.39, 0.29) is 9.68 Å². The summed E-state index contributed by atoms with van der Waals surface area (Å²) in [6.45, 7) is 2.38. The van der Waals surface area contributed by atoms with Gasteiger partial charge in [0.1, 0.15) is 9.68 Å². The first kappa shape index (κ1) is 9.99. The summed E-state index contributed by atoms with van der Waals surface area (Å²) < 4.78 is 2.72. The first-order valence-corrected chi connectivity index (χ1v) is 8.72. The molecule has 1 atom stereocenters. The number of rotatable bonds is 3. The summed E-state index contributed by atoms with van der Waals surface area (Å²) in [5, 5.41) is 0. The molecule has 0 N–H and O–H groups in total. The second-order valence-corrected chi connectivity index (χ2v) is 7.06. The average Bonchev–Trinajstić information content (AvgIpc) is 2.51. The average molecular weight is 221 g/mol. The highest BCUT2D eigenvalue weighted by molar-refractivity contribution is 6.43. The topological polar surface area (TPSA) is 3.24 Å². The van der Waals surface area contributed by atoms with E-state index in [1.807, 2.05) is 0 Å². The van der Waals surface area contributed by atoms with Gasteiger partial charge in [-0.3, -0.25) is 0 Å². The zero-order chi connectivity index (χ0) is 9.97. The molecule has 0 amide bonds. The molecule has 1 aromatic carbocycles. The maximum atomic E-state index is 2.72. The predicted octanol–water partition coefficient (Wildman–Crippen LogP) is 0.723. The molecule has 0 saturated carbocycles. The van der Waals surface area contributed by atoms with Gasteiger partial charge in [0.05, 0.1) is 0 Å². The van der Waals surface area contributed by atoms with Crippen molar-refractivity contribution in [3.05, 3.63) is 29.8 Å². The van der Waals surface area contributed by atoms with Gasteiger partial charge in [-0.25, -0.2) is 0 Å². The molecule has 2 rings (SSSR count). The summed E-state index contributed by atoms with van der Waals surface area (Å²) >= 11 is 0. The summed E-state index contributed by atoms with van der Waals surface area (Å²) in [7, 11) is 1.38. The highest BCUT2D eigenvalue weighted by Crippen LogP contribution is 2.31. The minimum Gasteiger partial charge on any atom is -0.400 e. The fourth-order valence-electron chi connectivity index (χ4n) is 2.30. The van der Waals surface area contributed by atoms with E-state index >= 15 is 0 Å². The Morgan fingerprint density at radius 2 is 2.29 bits per heavy atom. The quantitative estimate of drug-likeness (QED) is 0.680. The Morgan fingerprint density at radius 3 is 3.07 bits per heavy atom. The third-order valence-corrected chi connectivity index (χ3v) is 7.69. The van der Waals surface area contributed by atoms with E-state index in [0.717, 1.165) is 6.04 Å². The Morgan fingerprint density at radius 1 is 1.50 bits per heavy atom. The molecule has 0 saturated heterocycles. The molecular weight excluding hydrogens is 202 g/mol. The van der Waals surface area contributed by atoms with Crippen LogP contribution in [0.3, 0.4) is 0 Å². The van der Waals surface area contributed by atoms with E-state index in [1.165, 1.54) is 28.8 Å². The summed E-state index contributed by atoms with van der Waals surface area (Å²) in [4.78, 5) is 0. The molecule has 3 heteroatoms. The third kappa shape index (κ3) is 1.79. The van der Waals surface area contributed by atoms with Gasteiger partial charge in [-0.1, -0.05) is 24.2 Å². The van der Waals surface area contributed by atoms with Crippen molar-refractivity contribution in [1.82, 2.24) is 0 Å². The molecule has 0 spiro atoms. The van der Waals surface area contributed by atoms with Crippen LogP contribution in [0.25, 0.3) is 0 Å². The van der Waals surface area contributed by atoms with Crippen molar-refractivity contribution in [2.45, 2.75) is 31.5 Å². The van der Waals surface area contributed by atoms with Crippen LogP contribution in [0.15, 0.2) is 24.3 Å². The zero-order valence-corrected chi connectivity index (χ0v) is 12.6. The molecule has 0 radical (unpaired) electrons. The summed E-state index contributed by atoms with van der Waals surface area (Å²) in [6, 6.07) is 12.7. The van der Waals surface area contributed by atoms with Crippen LogP contribution in [-0.4, -0.2) is 26.0 Å². The van der Waals surface area contributed by atoms with Gasteiger partial charge in [0.25, 0.3) is 0 Å². The third-order valence-electron chi connectivity index (χ3n) is 3.10. The second-order valence-electron chi connectivity index (χ2n) is 4.23. The molecule has 14 heavy (non-hydrogen) atoms. The van der Waals surface area contributed by atoms with Crippen LogP contribution >= 0.6 is 0 Å². The van der Waals surface area contributed by atoms with E-state index in [1.54, 1.807) is 11.3 Å². The van der Waals surface area contributed by atoms with Crippen molar-refractivity contribution in [2.75, 3.05) is 4.57 Å². The number of para-hydroxylation sites is 1. The fraction of sp³-hybridized carbons (Fsp3) is 0.455. The monoisotopic (exact) mass is 221 g/mol. The first-order chi connectivity index (χ1) is 6.83. The van der Waals surface area contributed by atoms with E-state index in [4.69, 9.17) is 0 Å². The summed E-state index contributed by atoms with van der Waals surface area (Å²) in [5.74, 6) is 0. The Kier molecular flexibility index (Phi) is 3.08. The first-order valence-electron chi connectivity index (χ1n) is 5.67. The SMILES string of the molecule is CC1Cc2ccccc2N1[SiH2]CC[SiH3]. The molecule has 0 bridgehead atoms. The number of hydrogen-bond donors (Lipinski definition) is 0. The van der Waals surface area contributed by atoms with Crippen molar-refractivity contribution >= 4 is 25.6 Å². The molecule has 1 aliphatic rings. The van der Waals surface area contributed by atoms with Gasteiger partial charge in [0, 0.05) is 22.0 Å². The lowest BCUT2D eigenvalue weighted by molar-refractivity contribution is 0.783. The van der Waals surface area contributed by atoms with E-state index in [9.17, 15) is 0 Å². The normalized spacial score (nSPS) is 20.9. The number of benzene rings is 1. The van der Waals surface area contributed by atoms with Crippen LogP contribution in [0, 0.1) is 0 Å². The largest absolute Gasteiger partial charge is 0.400 e. The molecule has 0 fully saturated rings. The van der Waals surface area contributed by atoms with Gasteiger partial charge in [-0.05, 0) is 31.0 Å². The number of hydrogen-bond acceptors (Lipinski definition) is 1. The number of fused-ring (bicyclic) bond motifs is 1. The fourth-order valence-corrected chi connectivity index (χ4v) is 5.02. The van der Waals surface area contributed by atoms with E-state index in [2.05, 4.69) is 35.8 Å². The Hall–Kier alpha value is -0.546. The summed E-state index contributed by atoms with van der Waals surface area (Å²) in [6.07, 6.45) is 1.27. The van der Waals surface area contributed by atoms with Crippen LogP contribution in [0.1, 0.15) is 12.5 Å². The molecule has 76 valence electrons. The highest BCUT2D eigenvalue weighted by Gasteiger charge is 2.24. The van der Waals surface area contributed by atoms with Crippen LogP contribution in [0.4, 0.5) is 5.69 Å². The van der Waals surface area contributed by atoms with Crippen LogP contribution in [0.2, 0.25) is 12.1 Å². The van der Waals surface area contributed by atoms with Gasteiger partial charge in [-0.15, -0.1) is 0 Å². The number of anilines is 1. The van der Waals surface area contributed by atoms with E-state index < -0.39 is 0 Å². The lowest BCUT2D eigenvalue weighted by Gasteiger charge is -2.24. The van der Waals surface area contributed by atoms with Crippen molar-refractivity contribution in [3.8, 4) is 0 Å². The molecule has 1 aliphatic heterocycles. The minimum atomic E-state index is -0.000340. The maximum Gasteiger partial charge on any atom is 0.124 e. The molecule has 1 aromatic rings.